The number of hydrogen-bond donors (Lipinski definition) is 0. The van der Waals surface area contributed by atoms with E-state index in [9.17, 15) is 18.0 Å². The molecular formula is C10H5F3OS2. The Balaban J connectivity index is 2.31. The Kier molecular flexibility index (Phi) is 2.86. The quantitative estimate of drug-likeness (QED) is 0.740. The Morgan fingerprint density at radius 3 is 2.44 bits per heavy atom. The Morgan fingerprint density at radius 2 is 1.88 bits per heavy atom. The SMILES string of the molecule is O=C(c1ccc(-c2cccs2)s1)C(F)(F)F. The second-order valence-corrected chi connectivity index (χ2v) is 5.00. The summed E-state index contributed by atoms with van der Waals surface area (Å²) >= 11 is 2.29. The summed E-state index contributed by atoms with van der Waals surface area (Å²) in [6, 6.07) is 6.37. The Bertz CT molecular complexity index is 496. The first kappa shape index (κ1) is 11.3. The van der Waals surface area contributed by atoms with Gasteiger partial charge in [0.05, 0.1) is 4.88 Å². The third kappa shape index (κ3) is 2.17. The van der Waals surface area contributed by atoms with Crippen molar-refractivity contribution < 1.29 is 18.0 Å². The van der Waals surface area contributed by atoms with Crippen molar-refractivity contribution in [1.82, 2.24) is 0 Å². The summed E-state index contributed by atoms with van der Waals surface area (Å²) in [6.45, 7) is 0. The van der Waals surface area contributed by atoms with Crippen LogP contribution in [0.2, 0.25) is 0 Å². The monoisotopic (exact) mass is 262 g/mol. The first-order chi connectivity index (χ1) is 7.48. The number of hydrogen-bond acceptors (Lipinski definition) is 3. The van der Waals surface area contributed by atoms with Crippen LogP contribution in [0.5, 0.6) is 0 Å². The zero-order valence-corrected chi connectivity index (χ0v) is 9.38. The van der Waals surface area contributed by atoms with E-state index in [2.05, 4.69) is 0 Å². The molecule has 0 atom stereocenters. The summed E-state index contributed by atoms with van der Waals surface area (Å²) in [5.74, 6) is -1.78. The van der Waals surface area contributed by atoms with E-state index < -0.39 is 12.0 Å². The zero-order chi connectivity index (χ0) is 11.8. The van der Waals surface area contributed by atoms with Crippen LogP contribution in [0, 0.1) is 0 Å². The molecule has 1 nitrogen and oxygen atoms in total. The van der Waals surface area contributed by atoms with Crippen LogP contribution in [-0.4, -0.2) is 12.0 Å². The molecule has 0 spiro atoms. The van der Waals surface area contributed by atoms with Crippen molar-refractivity contribution in [3.8, 4) is 9.75 Å². The molecule has 0 saturated heterocycles. The highest BCUT2D eigenvalue weighted by Crippen LogP contribution is 2.34. The van der Waals surface area contributed by atoms with E-state index in [4.69, 9.17) is 0 Å². The Morgan fingerprint density at radius 1 is 1.12 bits per heavy atom. The number of halogens is 3. The summed E-state index contributed by atoms with van der Waals surface area (Å²) in [6.07, 6.45) is -4.79. The number of rotatable bonds is 2. The topological polar surface area (TPSA) is 17.1 Å². The maximum absolute atomic E-state index is 12.1. The van der Waals surface area contributed by atoms with E-state index in [0.29, 0.717) is 4.88 Å². The summed E-state index contributed by atoms with van der Waals surface area (Å²) in [5, 5.41) is 1.83. The van der Waals surface area contributed by atoms with Crippen molar-refractivity contribution in [2.75, 3.05) is 0 Å². The largest absolute Gasteiger partial charge is 0.455 e. The van der Waals surface area contributed by atoms with Gasteiger partial charge >= 0.3 is 6.18 Å². The van der Waals surface area contributed by atoms with Crippen LogP contribution in [0.4, 0.5) is 13.2 Å². The first-order valence-corrected chi connectivity index (χ1v) is 5.93. The smallest absolute Gasteiger partial charge is 0.283 e. The van der Waals surface area contributed by atoms with E-state index in [1.165, 1.54) is 23.5 Å². The number of thiophene rings is 2. The number of ketones is 1. The molecule has 0 unspecified atom stereocenters. The molecule has 0 amide bonds. The predicted octanol–water partition coefficient (Wildman–Crippen LogP) is 4.22. The molecule has 0 aliphatic rings. The van der Waals surface area contributed by atoms with Gasteiger partial charge in [0.25, 0.3) is 5.78 Å². The predicted molar refractivity (Wildman–Crippen MR) is 58.0 cm³/mol. The van der Waals surface area contributed by atoms with Gasteiger partial charge in [-0.05, 0) is 23.6 Å². The van der Waals surface area contributed by atoms with E-state index in [1.807, 2.05) is 11.4 Å². The molecule has 2 rings (SSSR count). The minimum Gasteiger partial charge on any atom is -0.283 e. The maximum atomic E-state index is 12.1. The average molecular weight is 262 g/mol. The zero-order valence-electron chi connectivity index (χ0n) is 7.75. The normalized spacial score (nSPS) is 11.7. The highest BCUT2D eigenvalue weighted by atomic mass is 32.1. The lowest BCUT2D eigenvalue weighted by Gasteiger charge is -2.01. The highest BCUT2D eigenvalue weighted by molar-refractivity contribution is 7.22. The van der Waals surface area contributed by atoms with Crippen molar-refractivity contribution in [2.24, 2.45) is 0 Å². The molecule has 0 N–H and O–H groups in total. The fourth-order valence-corrected chi connectivity index (χ4v) is 2.95. The van der Waals surface area contributed by atoms with Crippen LogP contribution < -0.4 is 0 Å². The van der Waals surface area contributed by atoms with Crippen LogP contribution in [-0.2, 0) is 0 Å². The minimum absolute atomic E-state index is 0.268. The second-order valence-electron chi connectivity index (χ2n) is 2.97. The summed E-state index contributed by atoms with van der Waals surface area (Å²) < 4.78 is 36.4. The molecule has 2 aromatic rings. The lowest BCUT2D eigenvalue weighted by Crippen LogP contribution is -2.21. The Labute approximate surface area is 97.2 Å². The fourth-order valence-electron chi connectivity index (χ4n) is 1.15. The number of Topliss-reactive ketones (excluding diaryl/α,β-unsaturated/α-hetero) is 1. The minimum atomic E-state index is -4.79. The molecule has 16 heavy (non-hydrogen) atoms. The molecule has 0 fully saturated rings. The van der Waals surface area contributed by atoms with Crippen LogP contribution >= 0.6 is 22.7 Å². The molecule has 0 aromatic carbocycles. The number of alkyl halides is 3. The summed E-state index contributed by atoms with van der Waals surface area (Å²) in [4.78, 5) is 12.2. The molecule has 0 aliphatic heterocycles. The molecule has 2 aromatic heterocycles. The van der Waals surface area contributed by atoms with Gasteiger partial charge in [-0.2, -0.15) is 13.2 Å². The average Bonchev–Trinajstić information content (AvgIpc) is 2.85. The molecular weight excluding hydrogens is 257 g/mol. The van der Waals surface area contributed by atoms with E-state index in [1.54, 1.807) is 6.07 Å². The van der Waals surface area contributed by atoms with Crippen LogP contribution in [0.15, 0.2) is 29.6 Å². The lowest BCUT2D eigenvalue weighted by atomic mass is 10.3. The molecule has 2 heterocycles. The van der Waals surface area contributed by atoms with Crippen molar-refractivity contribution in [3.63, 3.8) is 0 Å². The van der Waals surface area contributed by atoms with Gasteiger partial charge in [0.2, 0.25) is 0 Å². The summed E-state index contributed by atoms with van der Waals surface area (Å²) in [7, 11) is 0. The standard InChI is InChI=1S/C10H5F3OS2/c11-10(12,13)9(14)8-4-3-7(16-8)6-2-1-5-15-6/h1-5H. The van der Waals surface area contributed by atoms with Gasteiger partial charge in [-0.15, -0.1) is 22.7 Å². The van der Waals surface area contributed by atoms with Crippen LogP contribution in [0.1, 0.15) is 9.67 Å². The van der Waals surface area contributed by atoms with Gasteiger partial charge in [0.1, 0.15) is 0 Å². The van der Waals surface area contributed by atoms with E-state index in [-0.39, 0.29) is 4.88 Å². The number of carbonyl (C=O) groups is 1. The molecule has 0 aliphatic carbocycles. The molecule has 0 radical (unpaired) electrons. The molecule has 6 heteroatoms. The van der Waals surface area contributed by atoms with Gasteiger partial charge in [-0.1, -0.05) is 6.07 Å². The third-order valence-corrected chi connectivity index (χ3v) is 4.00. The van der Waals surface area contributed by atoms with E-state index in [0.717, 1.165) is 16.2 Å². The van der Waals surface area contributed by atoms with Gasteiger partial charge in [0.15, 0.2) is 0 Å². The third-order valence-electron chi connectivity index (χ3n) is 1.85. The van der Waals surface area contributed by atoms with Gasteiger partial charge < -0.3 is 0 Å². The van der Waals surface area contributed by atoms with E-state index >= 15 is 0 Å². The van der Waals surface area contributed by atoms with Crippen molar-refractivity contribution in [1.29, 1.82) is 0 Å². The lowest BCUT2D eigenvalue weighted by molar-refractivity contribution is -0.0882. The Hall–Kier alpha value is -1.14. The van der Waals surface area contributed by atoms with Crippen LogP contribution in [0.25, 0.3) is 9.75 Å². The molecule has 0 bridgehead atoms. The second kappa shape index (κ2) is 4.03. The van der Waals surface area contributed by atoms with Crippen LogP contribution in [0.3, 0.4) is 0 Å². The molecule has 0 saturated carbocycles. The van der Waals surface area contributed by atoms with Gasteiger partial charge in [-0.3, -0.25) is 4.79 Å². The fraction of sp³-hybridized carbons (Fsp3) is 0.100. The van der Waals surface area contributed by atoms with Gasteiger partial charge in [-0.25, -0.2) is 0 Å². The van der Waals surface area contributed by atoms with Crippen molar-refractivity contribution in [2.45, 2.75) is 6.18 Å². The summed E-state index contributed by atoms with van der Waals surface area (Å²) in [5.41, 5.74) is 0. The first-order valence-electron chi connectivity index (χ1n) is 4.24. The van der Waals surface area contributed by atoms with Gasteiger partial charge in [0, 0.05) is 9.75 Å². The van der Waals surface area contributed by atoms with Crippen molar-refractivity contribution >= 4 is 28.5 Å². The highest BCUT2D eigenvalue weighted by Gasteiger charge is 2.40. The maximum Gasteiger partial charge on any atom is 0.455 e. The molecule has 84 valence electrons. The van der Waals surface area contributed by atoms with Crippen molar-refractivity contribution in [3.05, 3.63) is 34.5 Å². The number of carbonyl (C=O) groups excluding carboxylic acids is 1.